The fourth-order valence-electron chi connectivity index (χ4n) is 3.17. The third-order valence-corrected chi connectivity index (χ3v) is 5.92. The molecule has 1 aliphatic rings. The van der Waals surface area contributed by atoms with E-state index in [1.807, 2.05) is 6.07 Å². The zero-order valence-corrected chi connectivity index (χ0v) is 16.3. The summed E-state index contributed by atoms with van der Waals surface area (Å²) in [5, 5.41) is 5.06. The van der Waals surface area contributed by atoms with E-state index in [1.54, 1.807) is 35.6 Å². The van der Waals surface area contributed by atoms with Crippen LogP contribution in [0.25, 0.3) is 0 Å². The van der Waals surface area contributed by atoms with Crippen LogP contribution in [0.4, 0.5) is 5.69 Å². The number of anilines is 1. The fourth-order valence-corrected chi connectivity index (χ4v) is 4.59. The highest BCUT2D eigenvalue weighted by molar-refractivity contribution is 7.92. The second-order valence-electron chi connectivity index (χ2n) is 6.44. The molecule has 0 spiro atoms. The molecule has 140 valence electrons. The van der Waals surface area contributed by atoms with E-state index in [0.717, 1.165) is 19.3 Å². The molecule has 2 heterocycles. The van der Waals surface area contributed by atoms with Crippen molar-refractivity contribution in [2.75, 3.05) is 30.6 Å². The van der Waals surface area contributed by atoms with Crippen LogP contribution in [0.15, 0.2) is 41.8 Å². The van der Waals surface area contributed by atoms with Gasteiger partial charge in [-0.2, -0.15) is 0 Å². The Morgan fingerprint density at radius 2 is 2.00 bits per heavy atom. The zero-order valence-electron chi connectivity index (χ0n) is 14.6. The van der Waals surface area contributed by atoms with E-state index in [9.17, 15) is 13.2 Å². The van der Waals surface area contributed by atoms with E-state index in [0.29, 0.717) is 17.8 Å². The quantitative estimate of drug-likeness (QED) is 0.758. The number of amides is 1. The minimum absolute atomic E-state index is 0.179. The molecule has 1 aromatic heterocycles. The maximum atomic E-state index is 12.5. The number of carbonyl (C=O) groups is 1. The molecule has 2 aromatic rings. The smallest absolute Gasteiger partial charge is 0.251 e. The van der Waals surface area contributed by atoms with Crippen molar-refractivity contribution < 1.29 is 13.2 Å². The van der Waals surface area contributed by atoms with Gasteiger partial charge < -0.3 is 5.32 Å². The first-order chi connectivity index (χ1) is 12.4. The maximum absolute atomic E-state index is 12.5. The lowest BCUT2D eigenvalue weighted by atomic mass is 10.1. The number of hydrogen-bond acceptors (Lipinski definition) is 5. The number of carbonyl (C=O) groups excluding carboxylic acids is 1. The number of sulfonamides is 1. The number of nitrogens with one attached hydrogen (secondary N) is 2. The molecule has 1 amide bonds. The van der Waals surface area contributed by atoms with Crippen LogP contribution in [0.2, 0.25) is 0 Å². The highest BCUT2D eigenvalue weighted by Crippen LogP contribution is 2.28. The second kappa shape index (κ2) is 8.20. The normalized spacial score (nSPS) is 16.3. The standard InChI is InChI=1S/C18H23N3O3S2/c1-26(23,24)20-15-7-4-6-14(12-15)18(22)19-13-16(17-8-5-11-25-17)21-9-2-3-10-21/h4-8,11-12,16,20H,2-3,9-10,13H2,1H3,(H,19,22). The number of thiophene rings is 1. The molecule has 1 aliphatic heterocycles. The van der Waals surface area contributed by atoms with Crippen molar-refractivity contribution in [3.05, 3.63) is 52.2 Å². The molecule has 1 fully saturated rings. The summed E-state index contributed by atoms with van der Waals surface area (Å²) in [4.78, 5) is 16.2. The Morgan fingerprint density at radius 3 is 2.65 bits per heavy atom. The Labute approximate surface area is 158 Å². The molecule has 8 heteroatoms. The number of hydrogen-bond donors (Lipinski definition) is 2. The molecule has 26 heavy (non-hydrogen) atoms. The molecule has 2 N–H and O–H groups in total. The molecular weight excluding hydrogens is 370 g/mol. The van der Waals surface area contributed by atoms with E-state index in [-0.39, 0.29) is 11.9 Å². The highest BCUT2D eigenvalue weighted by atomic mass is 32.2. The summed E-state index contributed by atoms with van der Waals surface area (Å²) in [6.45, 7) is 2.63. The van der Waals surface area contributed by atoms with E-state index < -0.39 is 10.0 Å². The van der Waals surface area contributed by atoms with Gasteiger partial charge in [0.15, 0.2) is 0 Å². The van der Waals surface area contributed by atoms with Crippen LogP contribution in [-0.4, -0.2) is 45.1 Å². The van der Waals surface area contributed by atoms with Gasteiger partial charge in [0.25, 0.3) is 5.91 Å². The number of likely N-dealkylation sites (tertiary alicyclic amines) is 1. The zero-order chi connectivity index (χ0) is 18.6. The summed E-state index contributed by atoms with van der Waals surface area (Å²) < 4.78 is 25.1. The third-order valence-electron chi connectivity index (χ3n) is 4.34. The first kappa shape index (κ1) is 18.9. The minimum Gasteiger partial charge on any atom is -0.350 e. The van der Waals surface area contributed by atoms with Crippen molar-refractivity contribution in [3.63, 3.8) is 0 Å². The van der Waals surface area contributed by atoms with Gasteiger partial charge in [0.2, 0.25) is 10.0 Å². The number of rotatable bonds is 7. The summed E-state index contributed by atoms with van der Waals surface area (Å²) >= 11 is 1.70. The van der Waals surface area contributed by atoms with Crippen LogP contribution in [-0.2, 0) is 10.0 Å². The first-order valence-electron chi connectivity index (χ1n) is 8.56. The van der Waals surface area contributed by atoms with Crippen molar-refractivity contribution in [1.29, 1.82) is 0 Å². The summed E-state index contributed by atoms with van der Waals surface area (Å²) in [6.07, 6.45) is 3.46. The van der Waals surface area contributed by atoms with Crippen LogP contribution >= 0.6 is 11.3 Å². The van der Waals surface area contributed by atoms with Gasteiger partial charge in [0, 0.05) is 22.7 Å². The van der Waals surface area contributed by atoms with Crippen molar-refractivity contribution in [2.45, 2.75) is 18.9 Å². The maximum Gasteiger partial charge on any atom is 0.251 e. The molecule has 0 saturated carbocycles. The molecule has 0 aliphatic carbocycles. The van der Waals surface area contributed by atoms with Gasteiger partial charge in [-0.05, 0) is 55.6 Å². The second-order valence-corrected chi connectivity index (χ2v) is 9.17. The van der Waals surface area contributed by atoms with Crippen LogP contribution < -0.4 is 10.0 Å². The van der Waals surface area contributed by atoms with Crippen molar-refractivity contribution >= 4 is 33.0 Å². The number of benzene rings is 1. The highest BCUT2D eigenvalue weighted by Gasteiger charge is 2.24. The van der Waals surface area contributed by atoms with Crippen LogP contribution in [0, 0.1) is 0 Å². The Bertz CT molecular complexity index is 844. The van der Waals surface area contributed by atoms with E-state index in [2.05, 4.69) is 26.4 Å². The lowest BCUT2D eigenvalue weighted by Crippen LogP contribution is -2.36. The largest absolute Gasteiger partial charge is 0.350 e. The van der Waals surface area contributed by atoms with Crippen molar-refractivity contribution in [3.8, 4) is 0 Å². The van der Waals surface area contributed by atoms with Gasteiger partial charge in [-0.3, -0.25) is 14.4 Å². The molecule has 6 nitrogen and oxygen atoms in total. The topological polar surface area (TPSA) is 78.5 Å². The van der Waals surface area contributed by atoms with E-state index in [4.69, 9.17) is 0 Å². The van der Waals surface area contributed by atoms with E-state index >= 15 is 0 Å². The van der Waals surface area contributed by atoms with Gasteiger partial charge in [-0.15, -0.1) is 11.3 Å². The number of nitrogens with zero attached hydrogens (tertiary/aromatic N) is 1. The van der Waals surface area contributed by atoms with Crippen LogP contribution in [0.3, 0.4) is 0 Å². The monoisotopic (exact) mass is 393 g/mol. The molecule has 1 saturated heterocycles. The Morgan fingerprint density at radius 1 is 1.23 bits per heavy atom. The van der Waals surface area contributed by atoms with Crippen LogP contribution in [0.5, 0.6) is 0 Å². The molecular formula is C18H23N3O3S2. The third kappa shape index (κ3) is 5.06. The summed E-state index contributed by atoms with van der Waals surface area (Å²) in [7, 11) is -3.37. The van der Waals surface area contributed by atoms with Crippen LogP contribution in [0.1, 0.15) is 34.1 Å². The first-order valence-corrected chi connectivity index (χ1v) is 11.3. The lowest BCUT2D eigenvalue weighted by Gasteiger charge is -2.27. The predicted octanol–water partition coefficient (Wildman–Crippen LogP) is 2.69. The summed E-state index contributed by atoms with van der Waals surface area (Å²) in [6, 6.07) is 10.8. The molecule has 1 atom stereocenters. The fraction of sp³-hybridized carbons (Fsp3) is 0.389. The lowest BCUT2D eigenvalue weighted by molar-refractivity contribution is 0.0938. The Balaban J connectivity index is 1.68. The average molecular weight is 394 g/mol. The van der Waals surface area contributed by atoms with Crippen molar-refractivity contribution in [2.24, 2.45) is 0 Å². The van der Waals surface area contributed by atoms with Gasteiger partial charge >= 0.3 is 0 Å². The Kier molecular flexibility index (Phi) is 5.95. The molecule has 0 bridgehead atoms. The Hall–Kier alpha value is -1.90. The van der Waals surface area contributed by atoms with Gasteiger partial charge in [0.1, 0.15) is 0 Å². The summed E-state index contributed by atoms with van der Waals surface area (Å²) in [5.41, 5.74) is 0.819. The molecule has 3 rings (SSSR count). The van der Waals surface area contributed by atoms with Gasteiger partial charge in [-0.25, -0.2) is 8.42 Å². The van der Waals surface area contributed by atoms with E-state index in [1.165, 1.54) is 17.7 Å². The van der Waals surface area contributed by atoms with Crippen molar-refractivity contribution in [1.82, 2.24) is 10.2 Å². The SMILES string of the molecule is CS(=O)(=O)Nc1cccc(C(=O)NCC(c2cccs2)N2CCCC2)c1. The molecule has 1 unspecified atom stereocenters. The summed E-state index contributed by atoms with van der Waals surface area (Å²) in [5.74, 6) is -0.206. The molecule has 1 aromatic carbocycles. The van der Waals surface area contributed by atoms with Gasteiger partial charge in [-0.1, -0.05) is 12.1 Å². The predicted molar refractivity (Wildman–Crippen MR) is 105 cm³/mol. The van der Waals surface area contributed by atoms with Gasteiger partial charge in [0.05, 0.1) is 12.3 Å². The minimum atomic E-state index is -3.37. The average Bonchev–Trinajstić information content (AvgIpc) is 3.27. The molecule has 0 radical (unpaired) electrons.